The Balaban J connectivity index is 2.02. The Morgan fingerprint density at radius 2 is 2.15 bits per heavy atom. The number of nitrogen functional groups attached to an aromatic ring is 1. The van der Waals surface area contributed by atoms with Gasteiger partial charge in [-0.15, -0.1) is 22.7 Å². The zero-order valence-electron chi connectivity index (χ0n) is 11.5. The summed E-state index contributed by atoms with van der Waals surface area (Å²) in [5, 5.41) is 3.19. The predicted octanol–water partition coefficient (Wildman–Crippen LogP) is 3.53. The number of hydrogen-bond acceptors (Lipinski definition) is 6. The van der Waals surface area contributed by atoms with Crippen molar-refractivity contribution < 1.29 is 0 Å². The van der Waals surface area contributed by atoms with Crippen molar-refractivity contribution in [3.05, 3.63) is 33.3 Å². The van der Waals surface area contributed by atoms with Gasteiger partial charge in [0.15, 0.2) is 0 Å². The fourth-order valence-electron chi connectivity index (χ4n) is 2.15. The number of hydrogen-bond donors (Lipinski definition) is 1. The lowest BCUT2D eigenvalue weighted by Gasteiger charge is -2.18. The van der Waals surface area contributed by atoms with E-state index in [-0.39, 0.29) is 0 Å². The summed E-state index contributed by atoms with van der Waals surface area (Å²) in [5.41, 5.74) is 5.85. The van der Waals surface area contributed by atoms with Gasteiger partial charge in [-0.25, -0.2) is 4.98 Å². The van der Waals surface area contributed by atoms with Gasteiger partial charge in [0.2, 0.25) is 5.95 Å². The maximum absolute atomic E-state index is 5.85. The van der Waals surface area contributed by atoms with Gasteiger partial charge in [0, 0.05) is 16.8 Å². The molecule has 104 valence electrons. The third-order valence-corrected chi connectivity index (χ3v) is 5.16. The van der Waals surface area contributed by atoms with Gasteiger partial charge in [0.1, 0.15) is 10.6 Å². The van der Waals surface area contributed by atoms with E-state index >= 15 is 0 Å². The van der Waals surface area contributed by atoms with E-state index in [4.69, 9.17) is 5.73 Å². The lowest BCUT2D eigenvalue weighted by Crippen LogP contribution is -2.18. The molecule has 2 N–H and O–H groups in total. The summed E-state index contributed by atoms with van der Waals surface area (Å²) < 4.78 is 0. The molecule has 0 aliphatic rings. The molecule has 0 aliphatic carbocycles. The molecule has 4 nitrogen and oxygen atoms in total. The number of fused-ring (bicyclic) bond motifs is 1. The van der Waals surface area contributed by atoms with Gasteiger partial charge in [-0.3, -0.25) is 0 Å². The smallest absolute Gasteiger partial charge is 0.223 e. The van der Waals surface area contributed by atoms with Crippen molar-refractivity contribution in [1.82, 2.24) is 9.97 Å². The molecule has 0 amide bonds. The summed E-state index contributed by atoms with van der Waals surface area (Å²) in [6, 6.07) is 6.38. The monoisotopic (exact) mass is 304 g/mol. The van der Waals surface area contributed by atoms with Crippen LogP contribution >= 0.6 is 22.7 Å². The molecule has 0 aromatic carbocycles. The standard InChI is InChI=1S/C14H16N4S2/c1-3-9-7-11-12(16-14(15)17-13(11)20-9)18(2)8-10-5-4-6-19-10/h4-7H,3,8H2,1-2H3,(H2,15,16,17). The first kappa shape index (κ1) is 13.3. The minimum atomic E-state index is 0.343. The van der Waals surface area contributed by atoms with Crippen LogP contribution in [0.2, 0.25) is 0 Å². The highest BCUT2D eigenvalue weighted by atomic mass is 32.1. The zero-order chi connectivity index (χ0) is 14.1. The van der Waals surface area contributed by atoms with E-state index in [2.05, 4.69) is 45.4 Å². The topological polar surface area (TPSA) is 55.0 Å². The van der Waals surface area contributed by atoms with Crippen LogP contribution in [-0.4, -0.2) is 17.0 Å². The first-order chi connectivity index (χ1) is 9.67. The van der Waals surface area contributed by atoms with Crippen molar-refractivity contribution in [2.45, 2.75) is 19.9 Å². The molecular weight excluding hydrogens is 288 g/mol. The molecule has 0 fully saturated rings. The first-order valence-electron chi connectivity index (χ1n) is 6.47. The number of aryl methyl sites for hydroxylation is 1. The van der Waals surface area contributed by atoms with Gasteiger partial charge in [0.25, 0.3) is 0 Å². The summed E-state index contributed by atoms with van der Waals surface area (Å²) in [4.78, 5) is 14.5. The Morgan fingerprint density at radius 3 is 2.85 bits per heavy atom. The van der Waals surface area contributed by atoms with Crippen molar-refractivity contribution in [2.75, 3.05) is 17.7 Å². The van der Waals surface area contributed by atoms with Crippen LogP contribution in [0.3, 0.4) is 0 Å². The average molecular weight is 304 g/mol. The van der Waals surface area contributed by atoms with Crippen molar-refractivity contribution in [2.24, 2.45) is 0 Å². The SMILES string of the molecule is CCc1cc2c(N(C)Cc3cccs3)nc(N)nc2s1. The second kappa shape index (κ2) is 5.38. The van der Waals surface area contributed by atoms with Gasteiger partial charge in [-0.05, 0) is 23.9 Å². The molecule has 0 spiro atoms. The van der Waals surface area contributed by atoms with Crippen LogP contribution in [0.5, 0.6) is 0 Å². The van der Waals surface area contributed by atoms with Crippen LogP contribution in [0.25, 0.3) is 10.2 Å². The average Bonchev–Trinajstić information content (AvgIpc) is 3.06. The molecule has 0 aliphatic heterocycles. The molecule has 0 bridgehead atoms. The second-order valence-electron chi connectivity index (χ2n) is 4.63. The predicted molar refractivity (Wildman–Crippen MR) is 87.6 cm³/mol. The molecule has 3 heterocycles. The Bertz CT molecular complexity index is 718. The van der Waals surface area contributed by atoms with E-state index in [1.165, 1.54) is 9.75 Å². The largest absolute Gasteiger partial charge is 0.368 e. The maximum Gasteiger partial charge on any atom is 0.223 e. The van der Waals surface area contributed by atoms with Crippen molar-refractivity contribution in [3.63, 3.8) is 0 Å². The summed E-state index contributed by atoms with van der Waals surface area (Å²) in [6.45, 7) is 2.98. The van der Waals surface area contributed by atoms with Crippen molar-refractivity contribution >= 4 is 44.7 Å². The minimum absolute atomic E-state index is 0.343. The summed E-state index contributed by atoms with van der Waals surface area (Å²) in [5.74, 6) is 1.26. The maximum atomic E-state index is 5.85. The fourth-order valence-corrected chi connectivity index (χ4v) is 3.87. The fraction of sp³-hybridized carbons (Fsp3) is 0.286. The highest BCUT2D eigenvalue weighted by Gasteiger charge is 2.14. The zero-order valence-corrected chi connectivity index (χ0v) is 13.1. The van der Waals surface area contributed by atoms with Crippen molar-refractivity contribution in [1.29, 1.82) is 0 Å². The number of thiophene rings is 2. The summed E-state index contributed by atoms with van der Waals surface area (Å²) in [7, 11) is 2.05. The molecule has 0 unspecified atom stereocenters. The van der Waals surface area contributed by atoms with Crippen LogP contribution < -0.4 is 10.6 Å². The van der Waals surface area contributed by atoms with Gasteiger partial charge < -0.3 is 10.6 Å². The molecule has 6 heteroatoms. The van der Waals surface area contributed by atoms with Gasteiger partial charge >= 0.3 is 0 Å². The number of nitrogens with two attached hydrogens (primary N) is 1. The Hall–Kier alpha value is -1.66. The summed E-state index contributed by atoms with van der Waals surface area (Å²) in [6.07, 6.45) is 1.01. The van der Waals surface area contributed by atoms with E-state index < -0.39 is 0 Å². The van der Waals surface area contributed by atoms with Crippen LogP contribution in [0.4, 0.5) is 11.8 Å². The molecular formula is C14H16N4S2. The van der Waals surface area contributed by atoms with Crippen LogP contribution in [-0.2, 0) is 13.0 Å². The molecule has 3 rings (SSSR count). The van der Waals surface area contributed by atoms with E-state index in [9.17, 15) is 0 Å². The Morgan fingerprint density at radius 1 is 1.30 bits per heavy atom. The molecule has 3 aromatic heterocycles. The number of rotatable bonds is 4. The minimum Gasteiger partial charge on any atom is -0.368 e. The Labute approximate surface area is 125 Å². The molecule has 3 aromatic rings. The number of aromatic nitrogens is 2. The lowest BCUT2D eigenvalue weighted by molar-refractivity contribution is 0.918. The van der Waals surface area contributed by atoms with E-state index in [0.717, 1.165) is 29.0 Å². The second-order valence-corrected chi connectivity index (χ2v) is 6.77. The van der Waals surface area contributed by atoms with E-state index in [1.54, 1.807) is 22.7 Å². The molecule has 0 saturated carbocycles. The normalized spacial score (nSPS) is 11.1. The highest BCUT2D eigenvalue weighted by Crippen LogP contribution is 2.32. The molecule has 0 atom stereocenters. The summed E-state index contributed by atoms with van der Waals surface area (Å²) >= 11 is 3.45. The van der Waals surface area contributed by atoms with E-state index in [0.29, 0.717) is 5.95 Å². The highest BCUT2D eigenvalue weighted by molar-refractivity contribution is 7.18. The van der Waals surface area contributed by atoms with Gasteiger partial charge in [0.05, 0.1) is 11.9 Å². The van der Waals surface area contributed by atoms with Gasteiger partial charge in [-0.2, -0.15) is 4.98 Å². The van der Waals surface area contributed by atoms with Crippen molar-refractivity contribution in [3.8, 4) is 0 Å². The quantitative estimate of drug-likeness (QED) is 0.801. The number of anilines is 2. The Kier molecular flexibility index (Phi) is 3.58. The van der Waals surface area contributed by atoms with Gasteiger partial charge in [-0.1, -0.05) is 13.0 Å². The molecule has 20 heavy (non-hydrogen) atoms. The van der Waals surface area contributed by atoms with Crippen LogP contribution in [0.1, 0.15) is 16.7 Å². The third kappa shape index (κ3) is 2.48. The van der Waals surface area contributed by atoms with E-state index in [1.807, 2.05) is 7.05 Å². The van der Waals surface area contributed by atoms with Crippen LogP contribution in [0, 0.1) is 0 Å². The molecule has 0 saturated heterocycles. The third-order valence-electron chi connectivity index (χ3n) is 3.12. The molecule has 0 radical (unpaired) electrons. The first-order valence-corrected chi connectivity index (χ1v) is 8.16. The lowest BCUT2D eigenvalue weighted by atomic mass is 10.3. The number of nitrogens with zero attached hydrogens (tertiary/aromatic N) is 3. The van der Waals surface area contributed by atoms with Crippen LogP contribution in [0.15, 0.2) is 23.6 Å².